The van der Waals surface area contributed by atoms with Crippen molar-refractivity contribution in [3.8, 4) is 0 Å². The maximum absolute atomic E-state index is 11.0. The summed E-state index contributed by atoms with van der Waals surface area (Å²) in [5.41, 5.74) is 5.29. The van der Waals surface area contributed by atoms with Gasteiger partial charge in [0.2, 0.25) is 5.91 Å². The lowest BCUT2D eigenvalue weighted by molar-refractivity contribution is -0.124. The quantitative estimate of drug-likeness (QED) is 0.598. The van der Waals surface area contributed by atoms with Crippen LogP contribution < -0.4 is 5.73 Å². The number of carbonyl (C=O) groups is 1. The summed E-state index contributed by atoms with van der Waals surface area (Å²) in [5, 5.41) is 0. The number of hydrogen-bond acceptors (Lipinski definition) is 2. The summed E-state index contributed by atoms with van der Waals surface area (Å²) in [6.45, 7) is 3.20. The number of allylic oxidation sites excluding steroid dienone is 1. The maximum atomic E-state index is 11.0. The molecule has 0 saturated heterocycles. The fourth-order valence-corrected chi connectivity index (χ4v) is 0.708. The molecule has 0 aromatic carbocycles. The zero-order valence-corrected chi connectivity index (χ0v) is 7.21. The van der Waals surface area contributed by atoms with Crippen molar-refractivity contribution in [3.63, 3.8) is 0 Å². The van der Waals surface area contributed by atoms with E-state index in [9.17, 15) is 4.79 Å². The number of amides is 1. The average Bonchev–Trinajstić information content (AvgIpc) is 2.00. The van der Waals surface area contributed by atoms with Crippen LogP contribution in [0.2, 0.25) is 0 Å². The molecule has 0 heterocycles. The Balaban J connectivity index is 3.64. The van der Waals surface area contributed by atoms with Crippen LogP contribution in [-0.2, 0) is 4.79 Å². The van der Waals surface area contributed by atoms with Gasteiger partial charge < -0.3 is 10.6 Å². The zero-order valence-electron chi connectivity index (χ0n) is 7.21. The highest BCUT2D eigenvalue weighted by molar-refractivity contribution is 5.87. The molecule has 3 heteroatoms. The predicted molar refractivity (Wildman–Crippen MR) is 46.1 cm³/mol. The first-order valence-corrected chi connectivity index (χ1v) is 3.80. The van der Waals surface area contributed by atoms with Gasteiger partial charge >= 0.3 is 0 Å². The number of likely N-dealkylation sites (N-methyl/N-ethyl adjacent to an activating group) is 1. The zero-order chi connectivity index (χ0) is 8.69. The Kier molecular flexibility index (Phi) is 5.47. The highest BCUT2D eigenvalue weighted by atomic mass is 16.2. The first-order chi connectivity index (χ1) is 5.22. The van der Waals surface area contributed by atoms with E-state index in [4.69, 9.17) is 5.73 Å². The molecule has 0 bridgehead atoms. The van der Waals surface area contributed by atoms with Gasteiger partial charge in [-0.2, -0.15) is 0 Å². The summed E-state index contributed by atoms with van der Waals surface area (Å²) >= 11 is 0. The van der Waals surface area contributed by atoms with Gasteiger partial charge in [0, 0.05) is 13.6 Å². The van der Waals surface area contributed by atoms with E-state index in [2.05, 4.69) is 0 Å². The van der Waals surface area contributed by atoms with Gasteiger partial charge in [0.15, 0.2) is 0 Å². The molecule has 0 aromatic rings. The third-order valence-corrected chi connectivity index (χ3v) is 1.38. The Morgan fingerprint density at radius 1 is 1.64 bits per heavy atom. The Hall–Kier alpha value is -0.830. The lowest BCUT2D eigenvalue weighted by Gasteiger charge is -2.13. The molecule has 0 aliphatic carbocycles. The molecule has 0 spiro atoms. The van der Waals surface area contributed by atoms with Gasteiger partial charge in [-0.15, -0.1) is 0 Å². The third kappa shape index (κ3) is 4.56. The SMILES string of the molecule is CC=CC(=O)N(C)CCCN. The van der Waals surface area contributed by atoms with Gasteiger partial charge in [-0.25, -0.2) is 0 Å². The molecule has 64 valence electrons. The summed E-state index contributed by atoms with van der Waals surface area (Å²) in [6, 6.07) is 0. The molecule has 0 aromatic heterocycles. The van der Waals surface area contributed by atoms with Crippen molar-refractivity contribution >= 4 is 5.91 Å². The van der Waals surface area contributed by atoms with Gasteiger partial charge in [-0.1, -0.05) is 6.08 Å². The Bertz CT molecular complexity index is 143. The van der Waals surface area contributed by atoms with E-state index in [0.717, 1.165) is 13.0 Å². The molecule has 0 rings (SSSR count). The van der Waals surface area contributed by atoms with Gasteiger partial charge in [0.25, 0.3) is 0 Å². The Morgan fingerprint density at radius 3 is 2.73 bits per heavy atom. The highest BCUT2D eigenvalue weighted by Gasteiger charge is 2.01. The molecule has 0 radical (unpaired) electrons. The minimum Gasteiger partial charge on any atom is -0.342 e. The summed E-state index contributed by atoms with van der Waals surface area (Å²) in [5.74, 6) is 0.0425. The molecule has 0 aliphatic heterocycles. The van der Waals surface area contributed by atoms with Crippen LogP contribution in [0.5, 0.6) is 0 Å². The standard InChI is InChI=1S/C8H16N2O/c1-3-5-8(11)10(2)7-4-6-9/h3,5H,4,6-7,9H2,1-2H3. The number of rotatable bonds is 4. The third-order valence-electron chi connectivity index (χ3n) is 1.38. The lowest BCUT2D eigenvalue weighted by Crippen LogP contribution is -2.27. The van der Waals surface area contributed by atoms with E-state index < -0.39 is 0 Å². The molecule has 0 atom stereocenters. The second-order valence-electron chi connectivity index (χ2n) is 2.40. The fraction of sp³-hybridized carbons (Fsp3) is 0.625. The van der Waals surface area contributed by atoms with Gasteiger partial charge in [-0.05, 0) is 26.0 Å². The maximum Gasteiger partial charge on any atom is 0.245 e. The van der Waals surface area contributed by atoms with Gasteiger partial charge in [0.05, 0.1) is 0 Å². The largest absolute Gasteiger partial charge is 0.342 e. The number of nitrogens with zero attached hydrogens (tertiary/aromatic N) is 1. The van der Waals surface area contributed by atoms with E-state index in [1.807, 2.05) is 6.92 Å². The first-order valence-electron chi connectivity index (χ1n) is 3.80. The van der Waals surface area contributed by atoms with E-state index in [1.165, 1.54) is 0 Å². The van der Waals surface area contributed by atoms with E-state index >= 15 is 0 Å². The summed E-state index contributed by atoms with van der Waals surface area (Å²) in [6.07, 6.45) is 4.15. The van der Waals surface area contributed by atoms with E-state index in [0.29, 0.717) is 6.54 Å². The monoisotopic (exact) mass is 156 g/mol. The van der Waals surface area contributed by atoms with Crippen molar-refractivity contribution < 1.29 is 4.79 Å². The van der Waals surface area contributed by atoms with Crippen molar-refractivity contribution in [1.29, 1.82) is 0 Å². The number of carbonyl (C=O) groups excluding carboxylic acids is 1. The van der Waals surface area contributed by atoms with Crippen molar-refractivity contribution in [3.05, 3.63) is 12.2 Å². The topological polar surface area (TPSA) is 46.3 Å². The van der Waals surface area contributed by atoms with Crippen LogP contribution in [0.15, 0.2) is 12.2 Å². The van der Waals surface area contributed by atoms with Crippen LogP contribution in [0.25, 0.3) is 0 Å². The molecule has 1 amide bonds. The molecule has 2 N–H and O–H groups in total. The minimum atomic E-state index is 0.0425. The fourth-order valence-electron chi connectivity index (χ4n) is 0.708. The van der Waals surface area contributed by atoms with Crippen LogP contribution in [0.4, 0.5) is 0 Å². The first kappa shape index (κ1) is 10.2. The Morgan fingerprint density at radius 2 is 2.27 bits per heavy atom. The summed E-state index contributed by atoms with van der Waals surface area (Å²) < 4.78 is 0. The van der Waals surface area contributed by atoms with Gasteiger partial charge in [-0.3, -0.25) is 4.79 Å². The molecule has 0 unspecified atom stereocenters. The normalized spacial score (nSPS) is 10.5. The average molecular weight is 156 g/mol. The smallest absolute Gasteiger partial charge is 0.245 e. The second kappa shape index (κ2) is 5.92. The molecular formula is C8H16N2O. The minimum absolute atomic E-state index is 0.0425. The van der Waals surface area contributed by atoms with Gasteiger partial charge in [0.1, 0.15) is 0 Å². The van der Waals surface area contributed by atoms with Crippen LogP contribution >= 0.6 is 0 Å². The van der Waals surface area contributed by atoms with Crippen molar-refractivity contribution in [2.24, 2.45) is 5.73 Å². The lowest BCUT2D eigenvalue weighted by atomic mass is 10.4. The summed E-state index contributed by atoms with van der Waals surface area (Å²) in [4.78, 5) is 12.7. The molecular weight excluding hydrogens is 140 g/mol. The Labute approximate surface area is 67.9 Å². The molecule has 0 fully saturated rings. The van der Waals surface area contributed by atoms with Crippen LogP contribution in [-0.4, -0.2) is 30.9 Å². The number of hydrogen-bond donors (Lipinski definition) is 1. The van der Waals surface area contributed by atoms with Crippen molar-refractivity contribution in [1.82, 2.24) is 4.90 Å². The van der Waals surface area contributed by atoms with Crippen LogP contribution in [0.3, 0.4) is 0 Å². The van der Waals surface area contributed by atoms with Crippen LogP contribution in [0, 0.1) is 0 Å². The highest BCUT2D eigenvalue weighted by Crippen LogP contribution is 1.88. The van der Waals surface area contributed by atoms with E-state index in [1.54, 1.807) is 24.1 Å². The molecule has 0 saturated carbocycles. The predicted octanol–water partition coefficient (Wildman–Crippen LogP) is 0.370. The number of nitrogens with two attached hydrogens (primary N) is 1. The van der Waals surface area contributed by atoms with Crippen molar-refractivity contribution in [2.45, 2.75) is 13.3 Å². The molecule has 3 nitrogen and oxygen atoms in total. The molecule has 0 aliphatic rings. The molecule has 11 heavy (non-hydrogen) atoms. The summed E-state index contributed by atoms with van der Waals surface area (Å²) in [7, 11) is 1.78. The second-order valence-corrected chi connectivity index (χ2v) is 2.40. The van der Waals surface area contributed by atoms with Crippen LogP contribution in [0.1, 0.15) is 13.3 Å². The van der Waals surface area contributed by atoms with E-state index in [-0.39, 0.29) is 5.91 Å². The van der Waals surface area contributed by atoms with Crippen molar-refractivity contribution in [2.75, 3.05) is 20.1 Å².